The molecule has 0 N–H and O–H groups in total. The average molecular weight is 405 g/mol. The minimum atomic E-state index is 1.23. The molecule has 0 radical (unpaired) electrons. The molecule has 0 aromatic rings. The minimum absolute atomic E-state index is 1.23. The lowest BCUT2D eigenvalue weighted by molar-refractivity contribution is 0.550. The highest BCUT2D eigenvalue weighted by atomic mass is 14.0. The molecule has 0 amide bonds. The van der Waals surface area contributed by atoms with Gasteiger partial charge in [0.15, 0.2) is 0 Å². The molecule has 0 spiro atoms. The van der Waals surface area contributed by atoms with Crippen molar-refractivity contribution in [3.63, 3.8) is 0 Å². The molecule has 0 saturated carbocycles. The first-order chi connectivity index (χ1) is 14.4. The Labute approximate surface area is 186 Å². The highest BCUT2D eigenvalue weighted by molar-refractivity contribution is 4.84. The smallest absolute Gasteiger partial charge is 0.0274 e. The Bertz CT molecular complexity index is 304. The summed E-state index contributed by atoms with van der Waals surface area (Å²) in [5, 5.41) is 0. The molecular formula is C29H56. The highest BCUT2D eigenvalue weighted by Gasteiger charge is 1.93. The van der Waals surface area contributed by atoms with E-state index in [0.717, 1.165) is 0 Å². The third kappa shape index (κ3) is 27.5. The van der Waals surface area contributed by atoms with Crippen molar-refractivity contribution in [3.8, 4) is 0 Å². The molecule has 0 aliphatic heterocycles. The molecule has 0 saturated heterocycles. The molecule has 0 fully saturated rings. The normalized spacial score (nSPS) is 10.8. The van der Waals surface area contributed by atoms with E-state index in [-0.39, 0.29) is 0 Å². The van der Waals surface area contributed by atoms with Crippen LogP contribution in [0.25, 0.3) is 0 Å². The lowest BCUT2D eigenvalue weighted by atomic mass is 10.1. The van der Waals surface area contributed by atoms with Crippen molar-refractivity contribution < 1.29 is 0 Å². The van der Waals surface area contributed by atoms with Gasteiger partial charge < -0.3 is 0 Å². The second-order valence-electron chi connectivity index (χ2n) is 9.22. The number of allylic oxidation sites excluding steroid dienone is 1. The first-order valence-corrected chi connectivity index (χ1v) is 13.8. The van der Waals surface area contributed by atoms with Crippen LogP contribution >= 0.6 is 0 Å². The molecule has 0 rings (SSSR count). The van der Waals surface area contributed by atoms with Crippen molar-refractivity contribution in [2.24, 2.45) is 0 Å². The molecule has 0 aromatic carbocycles. The quantitative estimate of drug-likeness (QED) is 0.111. The van der Waals surface area contributed by atoms with Crippen LogP contribution in [0.3, 0.4) is 0 Å². The lowest BCUT2D eigenvalue weighted by Gasteiger charge is -2.01. The molecule has 29 heavy (non-hydrogen) atoms. The maximum absolute atomic E-state index is 3.41. The lowest BCUT2D eigenvalue weighted by Crippen LogP contribution is -1.82. The largest absolute Gasteiger partial charge is 0.130 e. The Morgan fingerprint density at radius 3 is 0.862 bits per heavy atom. The average Bonchev–Trinajstić information content (AvgIpc) is 2.74. The highest BCUT2D eigenvalue weighted by Crippen LogP contribution is 2.13. The molecule has 0 aromatic heterocycles. The fourth-order valence-electron chi connectivity index (χ4n) is 4.07. The van der Waals surface area contributed by atoms with Gasteiger partial charge >= 0.3 is 0 Å². The monoisotopic (exact) mass is 404 g/mol. The van der Waals surface area contributed by atoms with Gasteiger partial charge in [0.2, 0.25) is 0 Å². The third-order valence-corrected chi connectivity index (χ3v) is 6.14. The maximum Gasteiger partial charge on any atom is -0.0274 e. The van der Waals surface area contributed by atoms with Crippen molar-refractivity contribution in [2.45, 2.75) is 168 Å². The van der Waals surface area contributed by atoms with E-state index in [1.807, 2.05) is 0 Å². The first-order valence-electron chi connectivity index (χ1n) is 13.8. The van der Waals surface area contributed by atoms with Crippen LogP contribution in [-0.2, 0) is 0 Å². The van der Waals surface area contributed by atoms with Crippen molar-refractivity contribution >= 4 is 0 Å². The van der Waals surface area contributed by atoms with Crippen LogP contribution in [-0.4, -0.2) is 0 Å². The summed E-state index contributed by atoms with van der Waals surface area (Å²) in [7, 11) is 0. The van der Waals surface area contributed by atoms with E-state index < -0.39 is 0 Å². The molecule has 0 aliphatic rings. The fourth-order valence-corrected chi connectivity index (χ4v) is 4.07. The van der Waals surface area contributed by atoms with Crippen molar-refractivity contribution in [2.75, 3.05) is 0 Å². The fraction of sp³-hybridized carbons (Fsp3) is 0.897. The Hall–Kier alpha value is -0.480. The van der Waals surface area contributed by atoms with E-state index in [0.29, 0.717) is 0 Å². The second-order valence-corrected chi connectivity index (χ2v) is 9.22. The summed E-state index contributed by atoms with van der Waals surface area (Å²) in [6.45, 7) is 4.59. The van der Waals surface area contributed by atoms with Crippen LogP contribution in [0, 0.1) is 0 Å². The molecule has 0 heterocycles. The van der Waals surface area contributed by atoms with E-state index in [9.17, 15) is 0 Å². The molecule has 0 atom stereocenters. The van der Waals surface area contributed by atoms with Crippen LogP contribution < -0.4 is 0 Å². The summed E-state index contributed by atoms with van der Waals surface area (Å²) in [6.07, 6.45) is 38.5. The molecule has 0 nitrogen and oxygen atoms in total. The van der Waals surface area contributed by atoms with Gasteiger partial charge in [-0.1, -0.05) is 142 Å². The van der Waals surface area contributed by atoms with Gasteiger partial charge in [-0.25, -0.2) is 0 Å². The summed E-state index contributed by atoms with van der Waals surface area (Å²) in [6, 6.07) is 0. The minimum Gasteiger partial charge on any atom is -0.130 e. The van der Waals surface area contributed by atoms with Crippen LogP contribution in [0.2, 0.25) is 0 Å². The van der Waals surface area contributed by atoms with Gasteiger partial charge in [-0.2, -0.15) is 0 Å². The number of unbranched alkanes of at least 4 members (excludes halogenated alkanes) is 22. The molecular weight excluding hydrogens is 348 g/mol. The van der Waals surface area contributed by atoms with E-state index in [2.05, 4.69) is 31.7 Å². The molecule has 0 bridgehead atoms. The van der Waals surface area contributed by atoms with Crippen LogP contribution in [0.15, 0.2) is 17.9 Å². The maximum atomic E-state index is 3.41. The Morgan fingerprint density at radius 1 is 0.345 bits per heavy atom. The summed E-state index contributed by atoms with van der Waals surface area (Å²) in [5.74, 6) is 0. The summed E-state index contributed by atoms with van der Waals surface area (Å²) in [4.78, 5) is 0. The topological polar surface area (TPSA) is 0 Å². The van der Waals surface area contributed by atoms with Gasteiger partial charge in [-0.05, 0) is 37.8 Å². The van der Waals surface area contributed by atoms with Crippen LogP contribution in [0.5, 0.6) is 0 Å². The van der Waals surface area contributed by atoms with Crippen LogP contribution in [0.1, 0.15) is 168 Å². The Balaban J connectivity index is 3.15. The zero-order valence-electron chi connectivity index (χ0n) is 20.6. The molecule has 172 valence electrons. The van der Waals surface area contributed by atoms with Gasteiger partial charge in [0.25, 0.3) is 0 Å². The van der Waals surface area contributed by atoms with Gasteiger partial charge in [-0.15, -0.1) is 5.73 Å². The molecule has 0 unspecified atom stereocenters. The predicted molar refractivity (Wildman–Crippen MR) is 135 cm³/mol. The predicted octanol–water partition coefficient (Wildman–Crippen LogP) is 11.1. The standard InChI is InChI=1S/C29H56/c1-3-5-7-9-11-13-15-17-19-21-23-25-27-29-28-26-24-22-20-18-16-14-12-10-8-6-4-2/h27-28H,3-26H2,1-2H3. The van der Waals surface area contributed by atoms with Gasteiger partial charge in [0, 0.05) is 0 Å². The zero-order valence-corrected chi connectivity index (χ0v) is 20.6. The summed E-state index contributed by atoms with van der Waals surface area (Å²) >= 11 is 0. The Morgan fingerprint density at radius 2 is 0.586 bits per heavy atom. The van der Waals surface area contributed by atoms with E-state index in [1.54, 1.807) is 0 Å². The van der Waals surface area contributed by atoms with Crippen molar-refractivity contribution in [1.82, 2.24) is 0 Å². The van der Waals surface area contributed by atoms with Crippen LogP contribution in [0.4, 0.5) is 0 Å². The van der Waals surface area contributed by atoms with E-state index >= 15 is 0 Å². The summed E-state index contributed by atoms with van der Waals surface area (Å²) in [5.41, 5.74) is 3.41. The zero-order chi connectivity index (χ0) is 21.1. The number of hydrogen-bond acceptors (Lipinski definition) is 0. The van der Waals surface area contributed by atoms with Gasteiger partial charge in [-0.3, -0.25) is 0 Å². The second kappa shape index (κ2) is 27.5. The van der Waals surface area contributed by atoms with Crippen molar-refractivity contribution in [1.29, 1.82) is 0 Å². The van der Waals surface area contributed by atoms with Gasteiger partial charge in [0.1, 0.15) is 0 Å². The van der Waals surface area contributed by atoms with E-state index in [1.165, 1.54) is 154 Å². The Kier molecular flexibility index (Phi) is 27.1. The molecule has 0 aliphatic carbocycles. The first kappa shape index (κ1) is 28.5. The molecule has 0 heteroatoms. The van der Waals surface area contributed by atoms with Gasteiger partial charge in [0.05, 0.1) is 0 Å². The van der Waals surface area contributed by atoms with E-state index in [4.69, 9.17) is 0 Å². The number of rotatable bonds is 24. The SMILES string of the molecule is CCCCCCCCCCCCCC=C=CCCCCCCCCCCCCC. The third-order valence-electron chi connectivity index (χ3n) is 6.14. The summed E-state index contributed by atoms with van der Waals surface area (Å²) < 4.78 is 0. The number of hydrogen-bond donors (Lipinski definition) is 0. The van der Waals surface area contributed by atoms with Crippen molar-refractivity contribution in [3.05, 3.63) is 17.9 Å².